The summed E-state index contributed by atoms with van der Waals surface area (Å²) in [6, 6.07) is 9.80. The fraction of sp³-hybridized carbons (Fsp3) is 0.308. The zero-order chi connectivity index (χ0) is 12.7. The molecule has 1 aromatic rings. The van der Waals surface area contributed by atoms with Gasteiger partial charge in [0.15, 0.2) is 0 Å². The predicted octanol–water partition coefficient (Wildman–Crippen LogP) is 3.67. The van der Waals surface area contributed by atoms with Gasteiger partial charge in [-0.05, 0) is 15.6 Å². The van der Waals surface area contributed by atoms with Crippen molar-refractivity contribution in [1.29, 1.82) is 0 Å². The Balaban J connectivity index is 2.90. The maximum Gasteiger partial charge on any atom is 0.407 e. The van der Waals surface area contributed by atoms with Crippen molar-refractivity contribution in [2.45, 2.75) is 13.0 Å². The van der Waals surface area contributed by atoms with Gasteiger partial charge in [0.05, 0.1) is 13.2 Å². The van der Waals surface area contributed by atoms with Crippen molar-refractivity contribution in [2.75, 3.05) is 7.11 Å². The van der Waals surface area contributed by atoms with Crippen LogP contribution in [0.5, 0.6) is 0 Å². The third-order valence-corrected chi connectivity index (χ3v) is 2.93. The number of rotatable bonds is 4. The molecule has 1 amide bonds. The molecule has 1 aromatic carbocycles. The number of carbonyl (C=O) groups excluding carboxylic acids is 1. The standard InChI is InChI=1S/C13H16INO2/c1-10(8-9-14)12(15-13(16)17-2)11-6-4-3-5-7-11/h3-10,12H,1-2H3,(H,15,16)/b9-8+/t10-,12+/m0/s1. The molecule has 2 atom stereocenters. The number of ether oxygens (including phenoxy) is 1. The van der Waals surface area contributed by atoms with Crippen LogP contribution in [0.2, 0.25) is 0 Å². The topological polar surface area (TPSA) is 38.3 Å². The highest BCUT2D eigenvalue weighted by molar-refractivity contribution is 14.1. The van der Waals surface area contributed by atoms with Crippen molar-refractivity contribution in [3.8, 4) is 0 Å². The number of alkyl carbamates (subject to hydrolysis) is 1. The normalized spacial score (nSPS) is 14.3. The first kappa shape index (κ1) is 14.0. The molecule has 0 aliphatic rings. The summed E-state index contributed by atoms with van der Waals surface area (Å²) in [5.41, 5.74) is 1.07. The molecule has 0 aliphatic carbocycles. The molecule has 0 saturated heterocycles. The Kier molecular flexibility index (Phi) is 6.04. The average molecular weight is 345 g/mol. The van der Waals surface area contributed by atoms with E-state index >= 15 is 0 Å². The van der Waals surface area contributed by atoms with Crippen LogP contribution in [0.3, 0.4) is 0 Å². The smallest absolute Gasteiger partial charge is 0.407 e. The first-order chi connectivity index (χ1) is 8.19. The van der Waals surface area contributed by atoms with Crippen LogP contribution in [0.4, 0.5) is 4.79 Å². The lowest BCUT2D eigenvalue weighted by Gasteiger charge is -2.22. The van der Waals surface area contributed by atoms with Crippen LogP contribution in [0.25, 0.3) is 0 Å². The second kappa shape index (κ2) is 7.32. The molecule has 0 bridgehead atoms. The van der Waals surface area contributed by atoms with Gasteiger partial charge in [-0.25, -0.2) is 4.79 Å². The number of methoxy groups -OCH3 is 1. The molecule has 17 heavy (non-hydrogen) atoms. The zero-order valence-corrected chi connectivity index (χ0v) is 12.0. The van der Waals surface area contributed by atoms with Crippen LogP contribution in [0.1, 0.15) is 18.5 Å². The Labute approximate surface area is 115 Å². The van der Waals surface area contributed by atoms with Gasteiger partial charge in [0, 0.05) is 0 Å². The summed E-state index contributed by atoms with van der Waals surface area (Å²) in [5.74, 6) is 0.202. The van der Waals surface area contributed by atoms with E-state index in [1.54, 1.807) is 0 Å². The molecule has 0 fully saturated rings. The molecule has 3 nitrogen and oxygen atoms in total. The molecule has 0 aromatic heterocycles. The predicted molar refractivity (Wildman–Crippen MR) is 77.0 cm³/mol. The maximum atomic E-state index is 11.3. The number of amides is 1. The van der Waals surface area contributed by atoms with E-state index in [1.807, 2.05) is 40.5 Å². The Morgan fingerprint density at radius 2 is 2.06 bits per heavy atom. The van der Waals surface area contributed by atoms with E-state index in [-0.39, 0.29) is 12.0 Å². The molecule has 92 valence electrons. The molecule has 0 heterocycles. The number of nitrogens with one attached hydrogen (secondary N) is 1. The summed E-state index contributed by atoms with van der Waals surface area (Å²) < 4.78 is 6.61. The highest BCUT2D eigenvalue weighted by Gasteiger charge is 2.19. The third kappa shape index (κ3) is 4.38. The summed E-state index contributed by atoms with van der Waals surface area (Å²) >= 11 is 2.17. The van der Waals surface area contributed by atoms with Gasteiger partial charge < -0.3 is 10.1 Å². The Morgan fingerprint density at radius 3 is 2.59 bits per heavy atom. The van der Waals surface area contributed by atoms with Crippen LogP contribution in [0.15, 0.2) is 40.5 Å². The minimum atomic E-state index is -0.410. The van der Waals surface area contributed by atoms with Crippen molar-refractivity contribution in [3.05, 3.63) is 46.1 Å². The van der Waals surface area contributed by atoms with Gasteiger partial charge in [-0.15, -0.1) is 0 Å². The van der Waals surface area contributed by atoms with Crippen molar-refractivity contribution >= 4 is 28.7 Å². The molecule has 0 saturated carbocycles. The van der Waals surface area contributed by atoms with Crippen LogP contribution in [-0.2, 0) is 4.74 Å². The number of hydrogen-bond donors (Lipinski definition) is 1. The lowest BCUT2D eigenvalue weighted by Crippen LogP contribution is -2.31. The lowest BCUT2D eigenvalue weighted by molar-refractivity contribution is 0.164. The van der Waals surface area contributed by atoms with Gasteiger partial charge in [0.2, 0.25) is 0 Å². The van der Waals surface area contributed by atoms with Crippen molar-refractivity contribution < 1.29 is 9.53 Å². The van der Waals surface area contributed by atoms with Crippen LogP contribution in [-0.4, -0.2) is 13.2 Å². The molecule has 1 N–H and O–H groups in total. The van der Waals surface area contributed by atoms with Gasteiger partial charge >= 0.3 is 6.09 Å². The third-order valence-electron chi connectivity index (χ3n) is 2.52. The van der Waals surface area contributed by atoms with E-state index in [2.05, 4.69) is 39.6 Å². The summed E-state index contributed by atoms with van der Waals surface area (Å²) in [7, 11) is 1.37. The largest absolute Gasteiger partial charge is 0.453 e. The Hall–Kier alpha value is -1.04. The highest BCUT2D eigenvalue weighted by Crippen LogP contribution is 2.23. The van der Waals surface area contributed by atoms with Gasteiger partial charge in [-0.1, -0.05) is 65.9 Å². The molecular formula is C13H16INO2. The minimum Gasteiger partial charge on any atom is -0.453 e. The van der Waals surface area contributed by atoms with E-state index in [9.17, 15) is 4.79 Å². The Bertz CT molecular complexity index is 378. The van der Waals surface area contributed by atoms with E-state index in [4.69, 9.17) is 0 Å². The first-order valence-corrected chi connectivity index (χ1v) is 6.60. The SMILES string of the molecule is COC(=O)N[C@@H](c1ccccc1)[C@@H](C)/C=C/I. The van der Waals surface area contributed by atoms with E-state index in [0.717, 1.165) is 5.56 Å². The molecule has 0 spiro atoms. The van der Waals surface area contributed by atoms with Crippen LogP contribution < -0.4 is 5.32 Å². The van der Waals surface area contributed by atoms with Crippen molar-refractivity contribution in [1.82, 2.24) is 5.32 Å². The van der Waals surface area contributed by atoms with Gasteiger partial charge in [-0.3, -0.25) is 0 Å². The van der Waals surface area contributed by atoms with Crippen LogP contribution in [0, 0.1) is 5.92 Å². The number of carbonyl (C=O) groups is 1. The summed E-state index contributed by atoms with van der Waals surface area (Å²) in [5, 5.41) is 2.85. The second-order valence-corrected chi connectivity index (χ2v) is 4.42. The molecule has 4 heteroatoms. The second-order valence-electron chi connectivity index (χ2n) is 3.70. The monoisotopic (exact) mass is 345 g/mol. The van der Waals surface area contributed by atoms with Gasteiger partial charge in [0.1, 0.15) is 0 Å². The number of halogens is 1. The molecule has 0 radical (unpaired) electrons. The van der Waals surface area contributed by atoms with Crippen molar-refractivity contribution in [2.24, 2.45) is 5.92 Å². The fourth-order valence-electron chi connectivity index (χ4n) is 1.59. The average Bonchev–Trinajstić information content (AvgIpc) is 2.36. The highest BCUT2D eigenvalue weighted by atomic mass is 127. The van der Waals surface area contributed by atoms with Crippen LogP contribution >= 0.6 is 22.6 Å². The van der Waals surface area contributed by atoms with Crippen molar-refractivity contribution in [3.63, 3.8) is 0 Å². The molecule has 0 aliphatic heterocycles. The quantitative estimate of drug-likeness (QED) is 0.846. The van der Waals surface area contributed by atoms with Gasteiger partial charge in [-0.2, -0.15) is 0 Å². The lowest BCUT2D eigenvalue weighted by atomic mass is 9.95. The molecule has 0 unspecified atom stereocenters. The molecular weight excluding hydrogens is 329 g/mol. The van der Waals surface area contributed by atoms with Gasteiger partial charge in [0.25, 0.3) is 0 Å². The fourth-order valence-corrected chi connectivity index (χ4v) is 2.25. The number of benzene rings is 1. The Morgan fingerprint density at radius 1 is 1.41 bits per heavy atom. The maximum absolute atomic E-state index is 11.3. The summed E-state index contributed by atoms with van der Waals surface area (Å²) in [6.07, 6.45) is 1.64. The zero-order valence-electron chi connectivity index (χ0n) is 9.89. The first-order valence-electron chi connectivity index (χ1n) is 5.35. The molecule has 1 rings (SSSR count). The minimum absolute atomic E-state index is 0.0744. The van der Waals surface area contributed by atoms with E-state index < -0.39 is 6.09 Å². The summed E-state index contributed by atoms with van der Waals surface area (Å²) in [4.78, 5) is 11.3. The number of hydrogen-bond acceptors (Lipinski definition) is 2. The van der Waals surface area contributed by atoms with E-state index in [0.29, 0.717) is 0 Å². The van der Waals surface area contributed by atoms with E-state index in [1.165, 1.54) is 7.11 Å². The summed E-state index contributed by atoms with van der Waals surface area (Å²) in [6.45, 7) is 2.06.